The Kier molecular flexibility index (Phi) is 17.2. The van der Waals surface area contributed by atoms with Crippen molar-refractivity contribution in [3.63, 3.8) is 0 Å². The number of carbonyl (C=O) groups excluding carboxylic acids is 5. The number of hydrogen-bond donors (Lipinski definition) is 4. The predicted molar refractivity (Wildman–Crippen MR) is 272 cm³/mol. The molecule has 0 spiro atoms. The molecule has 0 aliphatic carbocycles. The van der Waals surface area contributed by atoms with Crippen molar-refractivity contribution >= 4 is 41.1 Å². The van der Waals surface area contributed by atoms with E-state index in [0.29, 0.717) is 12.1 Å². The van der Waals surface area contributed by atoms with Crippen molar-refractivity contribution in [2.24, 2.45) is 5.92 Å². The van der Waals surface area contributed by atoms with E-state index in [1.165, 1.54) is 29.2 Å². The number of benzene rings is 6. The third-order valence-corrected chi connectivity index (χ3v) is 12.3. The summed E-state index contributed by atoms with van der Waals surface area (Å²) < 4.78 is 5.45. The van der Waals surface area contributed by atoms with E-state index in [1.807, 2.05) is 166 Å². The van der Waals surface area contributed by atoms with E-state index in [1.54, 1.807) is 6.07 Å². The molecule has 1 aliphatic rings. The third kappa shape index (κ3) is 13.4. The molecule has 14 nitrogen and oxygen atoms in total. The zero-order chi connectivity index (χ0) is 50.2. The molecule has 6 aromatic carbocycles. The highest BCUT2D eigenvalue weighted by molar-refractivity contribution is 6.03. The fourth-order valence-electron chi connectivity index (χ4n) is 8.78. The molecule has 0 saturated carbocycles. The molecule has 0 aromatic heterocycles. The molecule has 71 heavy (non-hydrogen) atoms. The Hall–Kier alpha value is -8.39. The summed E-state index contributed by atoms with van der Waals surface area (Å²) in [5.41, 5.74) is 3.92. The van der Waals surface area contributed by atoms with E-state index in [9.17, 15) is 34.1 Å². The van der Waals surface area contributed by atoms with Gasteiger partial charge in [0.25, 0.3) is 11.6 Å². The summed E-state index contributed by atoms with van der Waals surface area (Å²) in [6.45, 7) is 4.10. The lowest BCUT2D eigenvalue weighted by Gasteiger charge is -2.37. The van der Waals surface area contributed by atoms with Gasteiger partial charge in [0.1, 0.15) is 24.2 Å². The van der Waals surface area contributed by atoms with Gasteiger partial charge in [0.15, 0.2) is 0 Å². The van der Waals surface area contributed by atoms with Crippen LogP contribution in [0.5, 0.6) is 0 Å². The monoisotopic (exact) mass is 954 g/mol. The number of rotatable bonds is 21. The normalized spacial score (nSPS) is 13.4. The molecule has 0 radical (unpaired) electrons. The maximum absolute atomic E-state index is 14.7. The van der Waals surface area contributed by atoms with Crippen LogP contribution in [0, 0.1) is 16.0 Å². The number of amides is 5. The first-order valence-electron chi connectivity index (χ1n) is 23.8. The van der Waals surface area contributed by atoms with Crippen molar-refractivity contribution in [3.05, 3.63) is 226 Å². The van der Waals surface area contributed by atoms with E-state index >= 15 is 0 Å². The molecule has 0 fully saturated rings. The van der Waals surface area contributed by atoms with Crippen LogP contribution in [0.3, 0.4) is 0 Å². The highest BCUT2D eigenvalue weighted by atomic mass is 16.6. The molecular weight excluding hydrogens is 897 g/mol. The summed E-state index contributed by atoms with van der Waals surface area (Å²) in [5.74, 6) is -2.06. The van der Waals surface area contributed by atoms with Crippen molar-refractivity contribution in [2.75, 3.05) is 11.4 Å². The van der Waals surface area contributed by atoms with Crippen LogP contribution in [-0.4, -0.2) is 59.3 Å². The topological polar surface area (TPSA) is 189 Å². The molecule has 0 unspecified atom stereocenters. The maximum Gasteiger partial charge on any atom is 0.408 e. The zero-order valence-corrected chi connectivity index (χ0v) is 39.7. The standard InChI is InChI=1S/C57H58N6O8/c1-40(2)36-49(60-56(68)71-39-42-20-10-4-11-21-42)55(67)59-50(37-41-18-8-3-9-19-41)54(66)58-47(30-33-53(65)62-35-34-43-28-31-48(63(69)70)38-51(43)62)29-32-52(64)61-57(44-22-12-5-13-23-44,45-24-14-6-15-25-45)46-26-16-7-17-27-46/h3-28,30-31,33,38,40,47,49-50H,29,32,34-37,39H2,1-2H3,(H,58,66)(H,59,67)(H,60,68)(H,61,64)/b33-30+/t47-,49-,50-/m0/s1. The van der Waals surface area contributed by atoms with Gasteiger partial charge < -0.3 is 30.9 Å². The van der Waals surface area contributed by atoms with Gasteiger partial charge in [0, 0.05) is 43.6 Å². The van der Waals surface area contributed by atoms with Crippen LogP contribution in [0.25, 0.3) is 0 Å². The van der Waals surface area contributed by atoms with Crippen LogP contribution < -0.4 is 26.2 Å². The molecule has 1 aliphatic heterocycles. The van der Waals surface area contributed by atoms with Crippen molar-refractivity contribution in [3.8, 4) is 0 Å². The number of nitro groups is 1. The molecule has 6 aromatic rings. The highest BCUT2D eigenvalue weighted by Gasteiger charge is 2.38. The number of nitrogens with one attached hydrogen (secondary N) is 4. The van der Waals surface area contributed by atoms with Crippen molar-refractivity contribution in [1.82, 2.24) is 21.3 Å². The summed E-state index contributed by atoms with van der Waals surface area (Å²) in [5, 5.41) is 23.6. The minimum Gasteiger partial charge on any atom is -0.445 e. The van der Waals surface area contributed by atoms with Gasteiger partial charge in [0.05, 0.1) is 10.6 Å². The number of ether oxygens (including phenoxy) is 1. The Balaban J connectivity index is 1.16. The second kappa shape index (κ2) is 24.2. The summed E-state index contributed by atoms with van der Waals surface area (Å²) in [7, 11) is 0. The molecule has 7 rings (SSSR count). The number of anilines is 1. The van der Waals surface area contributed by atoms with Crippen LogP contribution >= 0.6 is 0 Å². The molecule has 4 N–H and O–H groups in total. The van der Waals surface area contributed by atoms with Crippen molar-refractivity contribution in [1.29, 1.82) is 0 Å². The average molecular weight is 955 g/mol. The Bertz CT molecular complexity index is 2700. The molecule has 0 bridgehead atoms. The Morgan fingerprint density at radius 1 is 0.690 bits per heavy atom. The van der Waals surface area contributed by atoms with Crippen LogP contribution in [0.4, 0.5) is 16.2 Å². The lowest BCUT2D eigenvalue weighted by atomic mass is 9.77. The minimum atomic E-state index is -1.17. The van der Waals surface area contributed by atoms with Gasteiger partial charge in [-0.25, -0.2) is 4.79 Å². The van der Waals surface area contributed by atoms with Crippen LogP contribution in [0.2, 0.25) is 0 Å². The Morgan fingerprint density at radius 2 is 1.23 bits per heavy atom. The Labute approximate surface area is 413 Å². The summed E-state index contributed by atoms with van der Waals surface area (Å²) in [6.07, 6.45) is 2.73. The SMILES string of the molecule is CC(C)C[C@H](NC(=O)OCc1ccccc1)C(=O)N[C@@H](Cc1ccccc1)C(=O)N[C@H](/C=C/C(=O)N1CCc2ccc([N+](=O)[O-])cc21)CCC(=O)NC(c1ccccc1)(c1ccccc1)c1ccccc1. The van der Waals surface area contributed by atoms with Crippen molar-refractivity contribution < 1.29 is 33.6 Å². The molecule has 364 valence electrons. The molecule has 1 heterocycles. The summed E-state index contributed by atoms with van der Waals surface area (Å²) >= 11 is 0. The van der Waals surface area contributed by atoms with Gasteiger partial charge in [-0.05, 0) is 58.6 Å². The first-order valence-corrected chi connectivity index (χ1v) is 23.8. The Morgan fingerprint density at radius 3 is 1.77 bits per heavy atom. The lowest BCUT2D eigenvalue weighted by Crippen LogP contribution is -2.56. The summed E-state index contributed by atoms with van der Waals surface area (Å²) in [6, 6.07) is 48.5. The smallest absolute Gasteiger partial charge is 0.408 e. The fraction of sp³-hybridized carbons (Fsp3) is 0.246. The quantitative estimate of drug-likeness (QED) is 0.0239. The predicted octanol–water partition coefficient (Wildman–Crippen LogP) is 8.48. The lowest BCUT2D eigenvalue weighted by molar-refractivity contribution is -0.384. The molecule has 3 atom stereocenters. The first kappa shape index (κ1) is 50.5. The molecule has 5 amide bonds. The van der Waals surface area contributed by atoms with E-state index in [4.69, 9.17) is 4.74 Å². The van der Waals surface area contributed by atoms with Crippen molar-refractivity contribution in [2.45, 2.75) is 76.2 Å². The van der Waals surface area contributed by atoms with E-state index in [0.717, 1.165) is 33.4 Å². The van der Waals surface area contributed by atoms with E-state index in [-0.39, 0.29) is 56.3 Å². The average Bonchev–Trinajstić information content (AvgIpc) is 3.82. The van der Waals surface area contributed by atoms with Crippen LogP contribution in [0.1, 0.15) is 66.5 Å². The number of nitrogens with zero attached hydrogens (tertiary/aromatic N) is 2. The number of nitro benzene ring substituents is 1. The first-order chi connectivity index (χ1) is 34.4. The second-order valence-electron chi connectivity index (χ2n) is 17.9. The molecular formula is C57H58N6O8. The largest absolute Gasteiger partial charge is 0.445 e. The van der Waals surface area contributed by atoms with Gasteiger partial charge in [-0.1, -0.05) is 178 Å². The van der Waals surface area contributed by atoms with Gasteiger partial charge in [0.2, 0.25) is 17.7 Å². The number of carbonyl (C=O) groups is 5. The van der Waals surface area contributed by atoms with Gasteiger partial charge in [-0.15, -0.1) is 0 Å². The summed E-state index contributed by atoms with van der Waals surface area (Å²) in [4.78, 5) is 83.0. The number of alkyl carbamates (subject to hydrolysis) is 1. The van der Waals surface area contributed by atoms with Crippen LogP contribution in [0.15, 0.2) is 182 Å². The fourth-order valence-corrected chi connectivity index (χ4v) is 8.78. The number of non-ortho nitro benzene ring substituents is 1. The second-order valence-corrected chi connectivity index (χ2v) is 17.9. The minimum absolute atomic E-state index is 0.00684. The van der Waals surface area contributed by atoms with Gasteiger partial charge >= 0.3 is 6.09 Å². The number of fused-ring (bicyclic) bond motifs is 1. The molecule has 0 saturated heterocycles. The van der Waals surface area contributed by atoms with Crippen LogP contribution in [-0.2, 0) is 48.9 Å². The van der Waals surface area contributed by atoms with E-state index in [2.05, 4.69) is 21.3 Å². The highest BCUT2D eigenvalue weighted by Crippen LogP contribution is 2.37. The van der Waals surface area contributed by atoms with Gasteiger partial charge in [-0.2, -0.15) is 0 Å². The maximum atomic E-state index is 14.7. The third-order valence-electron chi connectivity index (χ3n) is 12.3. The molecule has 14 heteroatoms. The van der Waals surface area contributed by atoms with Gasteiger partial charge in [-0.3, -0.25) is 29.3 Å². The zero-order valence-electron chi connectivity index (χ0n) is 39.7. The number of hydrogen-bond acceptors (Lipinski definition) is 8. The van der Waals surface area contributed by atoms with E-state index < -0.39 is 52.4 Å².